The first-order valence-corrected chi connectivity index (χ1v) is 7.06. The van der Waals surface area contributed by atoms with Crippen molar-refractivity contribution in [1.82, 2.24) is 5.32 Å². The van der Waals surface area contributed by atoms with Crippen LogP contribution in [0.1, 0.15) is 24.1 Å². The molecule has 0 aliphatic heterocycles. The smallest absolute Gasteiger partial charge is 0.173 e. The van der Waals surface area contributed by atoms with Crippen LogP contribution in [0.4, 0.5) is 17.6 Å². The second-order valence-electron chi connectivity index (χ2n) is 4.43. The third-order valence-electron chi connectivity index (χ3n) is 3.06. The van der Waals surface area contributed by atoms with Crippen molar-refractivity contribution in [3.63, 3.8) is 0 Å². The molecule has 0 amide bonds. The van der Waals surface area contributed by atoms with Crippen LogP contribution in [0.3, 0.4) is 0 Å². The predicted octanol–water partition coefficient (Wildman–Crippen LogP) is 4.70. The third kappa shape index (κ3) is 3.27. The molecule has 1 atom stereocenters. The maximum Gasteiger partial charge on any atom is 0.173 e. The van der Waals surface area contributed by atoms with Crippen molar-refractivity contribution in [2.45, 2.75) is 13.0 Å². The average molecular weight is 362 g/mol. The SMILES string of the molecule is CCNC(c1ccc(F)c(F)c1)c1ccc(F)c(F)c1Br. The summed E-state index contributed by atoms with van der Waals surface area (Å²) in [4.78, 5) is 0. The standard InChI is InChI=1S/C15H12BrF4N/c1-2-21-15(8-3-5-10(17)12(19)7-8)9-4-6-11(18)14(20)13(9)16/h3-7,15,21H,2H2,1H3. The molecular formula is C15H12BrF4N. The van der Waals surface area contributed by atoms with Gasteiger partial charge in [-0.25, -0.2) is 17.6 Å². The second kappa shape index (κ2) is 6.58. The van der Waals surface area contributed by atoms with Crippen LogP contribution >= 0.6 is 15.9 Å². The minimum atomic E-state index is -1.02. The Morgan fingerprint density at radius 3 is 2.29 bits per heavy atom. The highest BCUT2D eigenvalue weighted by molar-refractivity contribution is 9.10. The maximum atomic E-state index is 13.7. The summed E-state index contributed by atoms with van der Waals surface area (Å²) in [7, 11) is 0. The summed E-state index contributed by atoms with van der Waals surface area (Å²) in [6, 6.07) is 5.25. The van der Waals surface area contributed by atoms with Gasteiger partial charge in [0, 0.05) is 0 Å². The molecule has 21 heavy (non-hydrogen) atoms. The van der Waals surface area contributed by atoms with Crippen molar-refractivity contribution in [1.29, 1.82) is 0 Å². The van der Waals surface area contributed by atoms with Crippen LogP contribution in [0.15, 0.2) is 34.8 Å². The molecular weight excluding hydrogens is 350 g/mol. The van der Waals surface area contributed by atoms with Crippen molar-refractivity contribution in [3.8, 4) is 0 Å². The zero-order valence-corrected chi connectivity index (χ0v) is 12.6. The van der Waals surface area contributed by atoms with Gasteiger partial charge in [-0.05, 0) is 51.8 Å². The van der Waals surface area contributed by atoms with Crippen molar-refractivity contribution in [3.05, 3.63) is 69.2 Å². The largest absolute Gasteiger partial charge is 0.306 e. The lowest BCUT2D eigenvalue weighted by Crippen LogP contribution is -2.23. The van der Waals surface area contributed by atoms with E-state index in [1.807, 2.05) is 6.92 Å². The van der Waals surface area contributed by atoms with Gasteiger partial charge in [-0.2, -0.15) is 0 Å². The zero-order chi connectivity index (χ0) is 15.6. The molecule has 0 saturated heterocycles. The Labute approximate surface area is 128 Å². The second-order valence-corrected chi connectivity index (χ2v) is 5.22. The monoisotopic (exact) mass is 361 g/mol. The lowest BCUT2D eigenvalue weighted by atomic mass is 9.98. The van der Waals surface area contributed by atoms with E-state index in [0.29, 0.717) is 17.7 Å². The zero-order valence-electron chi connectivity index (χ0n) is 11.1. The molecule has 0 bridgehead atoms. The van der Waals surface area contributed by atoms with Crippen molar-refractivity contribution < 1.29 is 17.6 Å². The van der Waals surface area contributed by atoms with Gasteiger partial charge in [-0.3, -0.25) is 0 Å². The van der Waals surface area contributed by atoms with Crippen molar-refractivity contribution >= 4 is 15.9 Å². The van der Waals surface area contributed by atoms with Gasteiger partial charge in [0.25, 0.3) is 0 Å². The first-order chi connectivity index (χ1) is 9.95. The first-order valence-electron chi connectivity index (χ1n) is 6.27. The number of benzene rings is 2. The van der Waals surface area contributed by atoms with Crippen molar-refractivity contribution in [2.24, 2.45) is 0 Å². The molecule has 1 N–H and O–H groups in total. The van der Waals surface area contributed by atoms with Crippen molar-refractivity contribution in [2.75, 3.05) is 6.54 Å². The van der Waals surface area contributed by atoms with E-state index < -0.39 is 29.3 Å². The summed E-state index contributed by atoms with van der Waals surface area (Å²) in [5.41, 5.74) is 0.823. The Kier molecular flexibility index (Phi) is 5.00. The lowest BCUT2D eigenvalue weighted by molar-refractivity contribution is 0.495. The van der Waals surface area contributed by atoms with Gasteiger partial charge in [-0.1, -0.05) is 19.1 Å². The number of rotatable bonds is 4. The van der Waals surface area contributed by atoms with Crippen LogP contribution in [-0.2, 0) is 0 Å². The fourth-order valence-corrected chi connectivity index (χ4v) is 2.62. The molecule has 0 heterocycles. The van der Waals surface area contributed by atoms with Gasteiger partial charge in [0.1, 0.15) is 0 Å². The van der Waals surface area contributed by atoms with E-state index in [1.165, 1.54) is 12.1 Å². The van der Waals surface area contributed by atoms with Gasteiger partial charge in [0.2, 0.25) is 0 Å². The lowest BCUT2D eigenvalue weighted by Gasteiger charge is -2.21. The molecule has 0 aromatic heterocycles. The summed E-state index contributed by atoms with van der Waals surface area (Å²) in [5, 5.41) is 3.04. The van der Waals surface area contributed by atoms with E-state index in [1.54, 1.807) is 0 Å². The third-order valence-corrected chi connectivity index (χ3v) is 3.87. The minimum Gasteiger partial charge on any atom is -0.306 e. The highest BCUT2D eigenvalue weighted by Gasteiger charge is 2.21. The molecule has 0 saturated carbocycles. The van der Waals surface area contributed by atoms with E-state index in [2.05, 4.69) is 21.2 Å². The Bertz CT molecular complexity index is 660. The number of hydrogen-bond donors (Lipinski definition) is 1. The van der Waals surface area contributed by atoms with Crippen LogP contribution in [0.5, 0.6) is 0 Å². The molecule has 2 aromatic carbocycles. The van der Waals surface area contributed by atoms with Crippen LogP contribution in [-0.4, -0.2) is 6.54 Å². The van der Waals surface area contributed by atoms with Crippen LogP contribution in [0, 0.1) is 23.3 Å². The number of halogens is 5. The molecule has 0 fully saturated rings. The highest BCUT2D eigenvalue weighted by atomic mass is 79.9. The summed E-state index contributed by atoms with van der Waals surface area (Å²) in [5.74, 6) is -3.95. The molecule has 0 aliphatic carbocycles. The Balaban J connectivity index is 2.53. The van der Waals surface area contributed by atoms with E-state index in [4.69, 9.17) is 0 Å². The fourth-order valence-electron chi connectivity index (χ4n) is 2.07. The Morgan fingerprint density at radius 2 is 1.67 bits per heavy atom. The summed E-state index contributed by atoms with van der Waals surface area (Å²) in [6.45, 7) is 2.33. The van der Waals surface area contributed by atoms with Gasteiger partial charge >= 0.3 is 0 Å². The highest BCUT2D eigenvalue weighted by Crippen LogP contribution is 2.32. The van der Waals surface area contributed by atoms with Crippen LogP contribution in [0.2, 0.25) is 0 Å². The molecule has 1 unspecified atom stereocenters. The topological polar surface area (TPSA) is 12.0 Å². The summed E-state index contributed by atoms with van der Waals surface area (Å²) < 4.78 is 53.2. The average Bonchev–Trinajstić information content (AvgIpc) is 2.46. The Hall–Kier alpha value is -1.40. The first kappa shape index (κ1) is 16.0. The van der Waals surface area contributed by atoms with E-state index >= 15 is 0 Å². The summed E-state index contributed by atoms with van der Waals surface area (Å²) >= 11 is 3.01. The van der Waals surface area contributed by atoms with Crippen LogP contribution in [0.25, 0.3) is 0 Å². The fraction of sp³-hybridized carbons (Fsp3) is 0.200. The quantitative estimate of drug-likeness (QED) is 0.614. The predicted molar refractivity (Wildman–Crippen MR) is 75.9 cm³/mol. The normalized spacial score (nSPS) is 12.5. The van der Waals surface area contributed by atoms with Crippen LogP contribution < -0.4 is 5.32 Å². The molecule has 0 aliphatic rings. The van der Waals surface area contributed by atoms with Gasteiger partial charge in [0.15, 0.2) is 23.3 Å². The molecule has 112 valence electrons. The number of nitrogens with one attached hydrogen (secondary N) is 1. The molecule has 0 radical (unpaired) electrons. The summed E-state index contributed by atoms with van der Waals surface area (Å²) in [6.07, 6.45) is 0. The maximum absolute atomic E-state index is 13.7. The Morgan fingerprint density at radius 1 is 1.00 bits per heavy atom. The molecule has 1 nitrogen and oxygen atoms in total. The van der Waals surface area contributed by atoms with E-state index in [9.17, 15) is 17.6 Å². The van der Waals surface area contributed by atoms with E-state index in [-0.39, 0.29) is 4.47 Å². The van der Waals surface area contributed by atoms with E-state index in [0.717, 1.165) is 18.2 Å². The number of hydrogen-bond acceptors (Lipinski definition) is 1. The van der Waals surface area contributed by atoms with Gasteiger partial charge in [-0.15, -0.1) is 0 Å². The molecule has 2 rings (SSSR count). The molecule has 0 spiro atoms. The minimum absolute atomic E-state index is 0.0433. The molecule has 2 aromatic rings. The molecule has 6 heteroatoms. The van der Waals surface area contributed by atoms with Gasteiger partial charge < -0.3 is 5.32 Å². The van der Waals surface area contributed by atoms with Gasteiger partial charge in [0.05, 0.1) is 10.5 Å².